The van der Waals surface area contributed by atoms with Crippen molar-refractivity contribution in [3.8, 4) is 0 Å². The fourth-order valence-electron chi connectivity index (χ4n) is 2.70. The largest absolute Gasteiger partial charge is 0.378 e. The van der Waals surface area contributed by atoms with Crippen molar-refractivity contribution in [3.05, 3.63) is 0 Å². The lowest BCUT2D eigenvalue weighted by Crippen LogP contribution is -2.51. The Bertz CT molecular complexity index is 210. The van der Waals surface area contributed by atoms with Gasteiger partial charge in [-0.2, -0.15) is 0 Å². The molecule has 0 amide bonds. The van der Waals surface area contributed by atoms with Gasteiger partial charge in [-0.25, -0.2) is 0 Å². The molecule has 0 radical (unpaired) electrons. The molecule has 1 heterocycles. The van der Waals surface area contributed by atoms with Crippen molar-refractivity contribution in [1.82, 2.24) is 5.32 Å². The molecule has 0 aromatic heterocycles. The molecule has 94 valence electrons. The monoisotopic (exact) mass is 227 g/mol. The molecule has 0 spiro atoms. The summed E-state index contributed by atoms with van der Waals surface area (Å²) in [5.41, 5.74) is 0.153. The molecule has 0 aromatic rings. The van der Waals surface area contributed by atoms with Crippen molar-refractivity contribution >= 4 is 0 Å². The normalized spacial score (nSPS) is 33.4. The summed E-state index contributed by atoms with van der Waals surface area (Å²) in [5, 5.41) is 3.67. The van der Waals surface area contributed by atoms with E-state index >= 15 is 0 Å². The van der Waals surface area contributed by atoms with Crippen LogP contribution in [0.3, 0.4) is 0 Å². The van der Waals surface area contributed by atoms with E-state index in [4.69, 9.17) is 9.47 Å². The van der Waals surface area contributed by atoms with E-state index in [0.717, 1.165) is 32.4 Å². The average molecular weight is 227 g/mol. The minimum Gasteiger partial charge on any atom is -0.378 e. The molecule has 3 nitrogen and oxygen atoms in total. The molecule has 1 aliphatic heterocycles. The van der Waals surface area contributed by atoms with Crippen molar-refractivity contribution in [3.63, 3.8) is 0 Å². The van der Waals surface area contributed by atoms with Crippen LogP contribution in [0.2, 0.25) is 0 Å². The lowest BCUT2D eigenvalue weighted by Gasteiger charge is -2.42. The van der Waals surface area contributed by atoms with Crippen LogP contribution in [0, 0.1) is 0 Å². The van der Waals surface area contributed by atoms with E-state index in [1.54, 1.807) is 0 Å². The zero-order chi connectivity index (χ0) is 11.4. The number of rotatable bonds is 5. The highest BCUT2D eigenvalue weighted by Gasteiger charge is 2.37. The van der Waals surface area contributed by atoms with Crippen molar-refractivity contribution in [2.24, 2.45) is 0 Å². The molecule has 0 aromatic carbocycles. The molecule has 1 aliphatic carbocycles. The Morgan fingerprint density at radius 2 is 2.25 bits per heavy atom. The highest BCUT2D eigenvalue weighted by Crippen LogP contribution is 2.34. The van der Waals surface area contributed by atoms with Crippen molar-refractivity contribution in [1.29, 1.82) is 0 Å². The van der Waals surface area contributed by atoms with Gasteiger partial charge in [0.25, 0.3) is 0 Å². The summed E-state index contributed by atoms with van der Waals surface area (Å²) in [6, 6.07) is 0.631. The molecule has 1 N–H and O–H groups in total. The first-order valence-corrected chi connectivity index (χ1v) is 6.68. The van der Waals surface area contributed by atoms with Crippen molar-refractivity contribution in [2.75, 3.05) is 20.3 Å². The minimum atomic E-state index is 0.153. The molecule has 1 saturated heterocycles. The second kappa shape index (κ2) is 5.48. The molecular weight excluding hydrogens is 202 g/mol. The van der Waals surface area contributed by atoms with E-state index in [9.17, 15) is 0 Å². The Labute approximate surface area is 98.9 Å². The number of hydrogen-bond acceptors (Lipinski definition) is 3. The summed E-state index contributed by atoms with van der Waals surface area (Å²) in [4.78, 5) is 0. The van der Waals surface area contributed by atoms with Crippen LogP contribution in [-0.4, -0.2) is 38.0 Å². The smallest absolute Gasteiger partial charge is 0.0802 e. The van der Waals surface area contributed by atoms with Gasteiger partial charge in [0.1, 0.15) is 0 Å². The van der Waals surface area contributed by atoms with Crippen molar-refractivity contribution in [2.45, 2.75) is 63.2 Å². The molecule has 3 heteroatoms. The van der Waals surface area contributed by atoms with Crippen LogP contribution in [0.1, 0.15) is 45.4 Å². The van der Waals surface area contributed by atoms with E-state index in [1.165, 1.54) is 19.3 Å². The number of hydrogen-bond donors (Lipinski definition) is 1. The Hall–Kier alpha value is -0.120. The number of nitrogens with one attached hydrogen (secondary N) is 1. The molecule has 2 atom stereocenters. The fourth-order valence-corrected chi connectivity index (χ4v) is 2.70. The number of methoxy groups -OCH3 is 1. The molecule has 2 unspecified atom stereocenters. The van der Waals surface area contributed by atoms with Crippen LogP contribution in [0.4, 0.5) is 0 Å². The Kier molecular flexibility index (Phi) is 4.22. The Morgan fingerprint density at radius 1 is 1.44 bits per heavy atom. The zero-order valence-corrected chi connectivity index (χ0v) is 10.6. The van der Waals surface area contributed by atoms with Crippen LogP contribution in [0.25, 0.3) is 0 Å². The van der Waals surface area contributed by atoms with Crippen LogP contribution in [-0.2, 0) is 9.47 Å². The third kappa shape index (κ3) is 2.76. The quantitative estimate of drug-likeness (QED) is 0.780. The van der Waals surface area contributed by atoms with Gasteiger partial charge in [0.2, 0.25) is 0 Å². The lowest BCUT2D eigenvalue weighted by atomic mass is 9.79. The number of ether oxygens (including phenoxy) is 2. The maximum Gasteiger partial charge on any atom is 0.0802 e. The van der Waals surface area contributed by atoms with Gasteiger partial charge in [0.05, 0.1) is 11.7 Å². The highest BCUT2D eigenvalue weighted by molar-refractivity contribution is 4.92. The Balaban J connectivity index is 1.72. The lowest BCUT2D eigenvalue weighted by molar-refractivity contribution is -0.0751. The van der Waals surface area contributed by atoms with E-state index in [0.29, 0.717) is 12.1 Å². The van der Waals surface area contributed by atoms with E-state index < -0.39 is 0 Å². The summed E-state index contributed by atoms with van der Waals surface area (Å²) in [7, 11) is 1.85. The summed E-state index contributed by atoms with van der Waals surface area (Å²) < 4.78 is 11.3. The van der Waals surface area contributed by atoms with Crippen LogP contribution < -0.4 is 5.32 Å². The molecular formula is C13H25NO2. The summed E-state index contributed by atoms with van der Waals surface area (Å²) >= 11 is 0. The predicted octanol–water partition coefficient (Wildman–Crippen LogP) is 2.10. The van der Waals surface area contributed by atoms with Gasteiger partial charge in [-0.3, -0.25) is 0 Å². The first-order valence-electron chi connectivity index (χ1n) is 6.68. The van der Waals surface area contributed by atoms with Crippen LogP contribution in [0.15, 0.2) is 0 Å². The average Bonchev–Trinajstić information content (AvgIpc) is 2.29. The first kappa shape index (κ1) is 12.3. The molecule has 2 rings (SSSR count). The van der Waals surface area contributed by atoms with Gasteiger partial charge in [-0.1, -0.05) is 6.92 Å². The molecule has 16 heavy (non-hydrogen) atoms. The molecule has 2 aliphatic rings. The second-order valence-corrected chi connectivity index (χ2v) is 5.24. The van der Waals surface area contributed by atoms with Gasteiger partial charge in [0.15, 0.2) is 0 Å². The zero-order valence-electron chi connectivity index (χ0n) is 10.6. The van der Waals surface area contributed by atoms with Gasteiger partial charge < -0.3 is 14.8 Å². The SMILES string of the molecule is CCC1CC(NCC2(OC)CCC2)CCO1. The first-order chi connectivity index (χ1) is 7.78. The molecule has 0 bridgehead atoms. The van der Waals surface area contributed by atoms with Gasteiger partial charge in [0, 0.05) is 26.3 Å². The third-order valence-corrected chi connectivity index (χ3v) is 4.23. The summed E-state index contributed by atoms with van der Waals surface area (Å²) in [6.45, 7) is 4.14. The van der Waals surface area contributed by atoms with Crippen molar-refractivity contribution < 1.29 is 9.47 Å². The minimum absolute atomic E-state index is 0.153. The molecule has 2 fully saturated rings. The second-order valence-electron chi connectivity index (χ2n) is 5.24. The standard InChI is InChI=1S/C13H25NO2/c1-3-12-9-11(5-8-16-12)14-10-13(15-2)6-4-7-13/h11-12,14H,3-10H2,1-2H3. The van der Waals surface area contributed by atoms with Gasteiger partial charge in [-0.05, 0) is 38.5 Å². The molecule has 1 saturated carbocycles. The van der Waals surface area contributed by atoms with E-state index in [-0.39, 0.29) is 5.60 Å². The van der Waals surface area contributed by atoms with E-state index in [2.05, 4.69) is 12.2 Å². The maximum atomic E-state index is 5.68. The maximum absolute atomic E-state index is 5.68. The van der Waals surface area contributed by atoms with E-state index in [1.807, 2.05) is 7.11 Å². The highest BCUT2D eigenvalue weighted by atomic mass is 16.5. The van der Waals surface area contributed by atoms with Gasteiger partial charge >= 0.3 is 0 Å². The van der Waals surface area contributed by atoms with Gasteiger partial charge in [-0.15, -0.1) is 0 Å². The van der Waals surface area contributed by atoms with Crippen LogP contribution in [0.5, 0.6) is 0 Å². The van der Waals surface area contributed by atoms with Crippen LogP contribution >= 0.6 is 0 Å². The predicted molar refractivity (Wildman–Crippen MR) is 64.6 cm³/mol. The summed E-state index contributed by atoms with van der Waals surface area (Å²) in [6.07, 6.45) is 7.67. The third-order valence-electron chi connectivity index (χ3n) is 4.23. The fraction of sp³-hybridized carbons (Fsp3) is 1.00. The summed E-state index contributed by atoms with van der Waals surface area (Å²) in [5.74, 6) is 0. The topological polar surface area (TPSA) is 30.5 Å². The Morgan fingerprint density at radius 3 is 2.81 bits per heavy atom.